The van der Waals surface area contributed by atoms with E-state index in [0.717, 1.165) is 42.0 Å². The lowest BCUT2D eigenvalue weighted by molar-refractivity contribution is -0.140. The maximum atomic E-state index is 14.2. The number of halogens is 1. The zero-order chi connectivity index (χ0) is 30.1. The van der Waals surface area contributed by atoms with E-state index in [9.17, 15) is 18.0 Å². The van der Waals surface area contributed by atoms with Crippen molar-refractivity contribution in [3.8, 4) is 5.75 Å². The van der Waals surface area contributed by atoms with Gasteiger partial charge >= 0.3 is 0 Å². The van der Waals surface area contributed by atoms with Crippen LogP contribution in [0.25, 0.3) is 0 Å². The highest BCUT2D eigenvalue weighted by Gasteiger charge is 2.34. The molecular formula is C32H38ClN3O5S. The molecule has 1 aliphatic carbocycles. The third-order valence-electron chi connectivity index (χ3n) is 7.56. The summed E-state index contributed by atoms with van der Waals surface area (Å²) in [4.78, 5) is 29.4. The minimum atomic E-state index is -4.15. The van der Waals surface area contributed by atoms with Crippen LogP contribution < -0.4 is 14.4 Å². The van der Waals surface area contributed by atoms with Crippen LogP contribution in [0.1, 0.15) is 51.0 Å². The van der Waals surface area contributed by atoms with Gasteiger partial charge in [-0.25, -0.2) is 8.42 Å². The standard InChI is InChI=1S/C32H38ClN3O5S/c1-3-30(32(38)34-26-11-6-4-7-12-26)35(22-24-17-19-25(33)20-18-24)31(37)23-36(27-13-10-14-28(21-27)41-2)42(39,40)29-15-8-5-9-16-29/h5,8-10,13-21,26,30H,3-4,6-7,11-12,22-23H2,1-2H3,(H,34,38)/t30-/m0/s1. The van der Waals surface area contributed by atoms with Crippen LogP contribution in [0.15, 0.2) is 83.8 Å². The molecular weight excluding hydrogens is 574 g/mol. The molecule has 1 saturated carbocycles. The summed E-state index contributed by atoms with van der Waals surface area (Å²) < 4.78 is 34.3. The summed E-state index contributed by atoms with van der Waals surface area (Å²) in [5.41, 5.74) is 1.05. The van der Waals surface area contributed by atoms with Gasteiger partial charge in [-0.3, -0.25) is 13.9 Å². The second kappa shape index (κ2) is 14.6. The van der Waals surface area contributed by atoms with Gasteiger partial charge in [0.15, 0.2) is 0 Å². The average molecular weight is 612 g/mol. The molecule has 3 aromatic rings. The minimum Gasteiger partial charge on any atom is -0.497 e. The highest BCUT2D eigenvalue weighted by Crippen LogP contribution is 2.28. The van der Waals surface area contributed by atoms with Gasteiger partial charge in [0.05, 0.1) is 17.7 Å². The summed E-state index contributed by atoms with van der Waals surface area (Å²) >= 11 is 6.10. The van der Waals surface area contributed by atoms with Crippen LogP contribution >= 0.6 is 11.6 Å². The van der Waals surface area contributed by atoms with Gasteiger partial charge in [0.2, 0.25) is 11.8 Å². The molecule has 0 saturated heterocycles. The quantitative estimate of drug-likeness (QED) is 0.279. The van der Waals surface area contributed by atoms with E-state index < -0.39 is 28.5 Å². The Balaban J connectivity index is 1.70. The number of ether oxygens (including phenoxy) is 1. The molecule has 1 N–H and O–H groups in total. The molecule has 0 heterocycles. The first-order valence-corrected chi connectivity index (χ1v) is 16.1. The van der Waals surface area contributed by atoms with Crippen molar-refractivity contribution in [3.05, 3.63) is 89.4 Å². The van der Waals surface area contributed by atoms with Gasteiger partial charge in [-0.1, -0.05) is 74.2 Å². The summed E-state index contributed by atoms with van der Waals surface area (Å²) in [5.74, 6) is -0.284. The van der Waals surface area contributed by atoms with Crippen LogP contribution in [0, 0.1) is 0 Å². The fourth-order valence-electron chi connectivity index (χ4n) is 5.26. The summed E-state index contributed by atoms with van der Waals surface area (Å²) in [6, 6.07) is 20.9. The number of carbonyl (C=O) groups excluding carboxylic acids is 2. The van der Waals surface area contributed by atoms with Crippen LogP contribution in [0.5, 0.6) is 5.75 Å². The highest BCUT2D eigenvalue weighted by atomic mass is 35.5. The van der Waals surface area contributed by atoms with Crippen LogP contribution in [-0.4, -0.2) is 50.9 Å². The largest absolute Gasteiger partial charge is 0.497 e. The van der Waals surface area contributed by atoms with Gasteiger partial charge in [-0.2, -0.15) is 0 Å². The van der Waals surface area contributed by atoms with Gasteiger partial charge in [0.1, 0.15) is 18.3 Å². The van der Waals surface area contributed by atoms with Crippen molar-refractivity contribution in [1.82, 2.24) is 10.2 Å². The molecule has 10 heteroatoms. The summed E-state index contributed by atoms with van der Waals surface area (Å²) in [6.45, 7) is 1.46. The normalized spacial score (nSPS) is 14.5. The number of anilines is 1. The Morgan fingerprint density at radius 3 is 2.31 bits per heavy atom. The smallest absolute Gasteiger partial charge is 0.264 e. The predicted octanol–water partition coefficient (Wildman–Crippen LogP) is 5.80. The van der Waals surface area contributed by atoms with Gasteiger partial charge < -0.3 is 15.0 Å². The van der Waals surface area contributed by atoms with E-state index in [0.29, 0.717) is 17.2 Å². The molecule has 1 aliphatic rings. The molecule has 0 spiro atoms. The first-order valence-electron chi connectivity index (χ1n) is 14.3. The van der Waals surface area contributed by atoms with Crippen molar-refractivity contribution in [2.45, 2.75) is 69.0 Å². The summed E-state index contributed by atoms with van der Waals surface area (Å²) in [5, 5.41) is 3.71. The number of benzene rings is 3. The van der Waals surface area contributed by atoms with Gasteiger partial charge in [0.25, 0.3) is 10.0 Å². The molecule has 42 heavy (non-hydrogen) atoms. The molecule has 3 aromatic carbocycles. The lowest BCUT2D eigenvalue weighted by Crippen LogP contribution is -2.54. The number of rotatable bonds is 12. The lowest BCUT2D eigenvalue weighted by Gasteiger charge is -2.34. The van der Waals surface area contributed by atoms with Crippen LogP contribution in [-0.2, 0) is 26.2 Å². The van der Waals surface area contributed by atoms with Crippen LogP contribution in [0.4, 0.5) is 5.69 Å². The molecule has 224 valence electrons. The Bertz CT molecular complexity index is 1440. The number of amides is 2. The molecule has 0 bridgehead atoms. The number of nitrogens with zero attached hydrogens (tertiary/aromatic N) is 2. The highest BCUT2D eigenvalue weighted by molar-refractivity contribution is 7.92. The monoisotopic (exact) mass is 611 g/mol. The molecule has 0 aromatic heterocycles. The molecule has 4 rings (SSSR count). The third-order valence-corrected chi connectivity index (χ3v) is 9.60. The molecule has 1 fully saturated rings. The Morgan fingerprint density at radius 1 is 0.976 bits per heavy atom. The maximum absolute atomic E-state index is 14.2. The van der Waals surface area contributed by atoms with Crippen molar-refractivity contribution in [1.29, 1.82) is 0 Å². The minimum absolute atomic E-state index is 0.0481. The summed E-state index contributed by atoms with van der Waals surface area (Å²) in [6.07, 6.45) is 5.45. The van der Waals surface area contributed by atoms with Crippen LogP contribution in [0.3, 0.4) is 0 Å². The zero-order valence-corrected chi connectivity index (χ0v) is 25.6. The second-order valence-corrected chi connectivity index (χ2v) is 12.7. The second-order valence-electron chi connectivity index (χ2n) is 10.4. The molecule has 2 amide bonds. The molecule has 0 radical (unpaired) electrons. The first-order chi connectivity index (χ1) is 20.2. The molecule has 1 atom stereocenters. The van der Waals surface area contributed by atoms with E-state index in [2.05, 4.69) is 5.32 Å². The lowest BCUT2D eigenvalue weighted by atomic mass is 9.95. The zero-order valence-electron chi connectivity index (χ0n) is 24.0. The number of hydrogen-bond donors (Lipinski definition) is 1. The number of methoxy groups -OCH3 is 1. The van der Waals surface area contributed by atoms with E-state index in [-0.39, 0.29) is 29.1 Å². The number of nitrogens with one attached hydrogen (secondary N) is 1. The van der Waals surface area contributed by atoms with Gasteiger partial charge in [0, 0.05) is 23.7 Å². The number of sulfonamides is 1. The van der Waals surface area contributed by atoms with E-state index in [1.165, 1.54) is 24.1 Å². The van der Waals surface area contributed by atoms with Crippen LogP contribution in [0.2, 0.25) is 5.02 Å². The summed E-state index contributed by atoms with van der Waals surface area (Å²) in [7, 11) is -2.66. The van der Waals surface area contributed by atoms with Crippen molar-refractivity contribution >= 4 is 39.1 Å². The van der Waals surface area contributed by atoms with Crippen molar-refractivity contribution < 1.29 is 22.7 Å². The number of carbonyl (C=O) groups is 2. The SMILES string of the molecule is CC[C@@H](C(=O)NC1CCCCC1)N(Cc1ccc(Cl)cc1)C(=O)CN(c1cccc(OC)c1)S(=O)(=O)c1ccccc1. The fraction of sp³-hybridized carbons (Fsp3) is 0.375. The van der Waals surface area contributed by atoms with E-state index >= 15 is 0 Å². The van der Waals surface area contributed by atoms with E-state index in [4.69, 9.17) is 16.3 Å². The van der Waals surface area contributed by atoms with E-state index in [1.807, 2.05) is 6.92 Å². The number of hydrogen-bond acceptors (Lipinski definition) is 5. The van der Waals surface area contributed by atoms with E-state index in [1.54, 1.807) is 66.7 Å². The van der Waals surface area contributed by atoms with Crippen molar-refractivity contribution in [2.24, 2.45) is 0 Å². The van der Waals surface area contributed by atoms with Crippen molar-refractivity contribution in [2.75, 3.05) is 18.0 Å². The Labute approximate surface area is 253 Å². The van der Waals surface area contributed by atoms with Crippen molar-refractivity contribution in [3.63, 3.8) is 0 Å². The van der Waals surface area contributed by atoms with Gasteiger partial charge in [-0.15, -0.1) is 0 Å². The average Bonchev–Trinajstić information content (AvgIpc) is 3.01. The Hall–Kier alpha value is -3.56. The third kappa shape index (κ3) is 7.83. The molecule has 8 nitrogen and oxygen atoms in total. The Kier molecular flexibility index (Phi) is 10.9. The predicted molar refractivity (Wildman–Crippen MR) is 165 cm³/mol. The topological polar surface area (TPSA) is 96.0 Å². The first kappa shape index (κ1) is 31.4. The maximum Gasteiger partial charge on any atom is 0.264 e. The Morgan fingerprint density at radius 2 is 1.67 bits per heavy atom. The molecule has 0 aliphatic heterocycles. The fourth-order valence-corrected chi connectivity index (χ4v) is 6.82. The molecule has 0 unspecified atom stereocenters. The van der Waals surface area contributed by atoms with Gasteiger partial charge in [-0.05, 0) is 61.2 Å².